The third kappa shape index (κ3) is 5.38. The summed E-state index contributed by atoms with van der Waals surface area (Å²) in [4.78, 5) is 8.14. The van der Waals surface area contributed by atoms with Gasteiger partial charge in [0.1, 0.15) is 5.82 Å². The third-order valence-electron chi connectivity index (χ3n) is 2.26. The van der Waals surface area contributed by atoms with E-state index in [0.717, 1.165) is 25.2 Å². The molecule has 1 aromatic heterocycles. The highest BCUT2D eigenvalue weighted by atomic mass is 16.5. The molecule has 0 fully saturated rings. The Kier molecular flexibility index (Phi) is 6.14. The van der Waals surface area contributed by atoms with Crippen LogP contribution in [-0.2, 0) is 0 Å². The first-order valence-electron chi connectivity index (χ1n) is 6.27. The van der Waals surface area contributed by atoms with E-state index >= 15 is 0 Å². The lowest BCUT2D eigenvalue weighted by Gasteiger charge is -2.08. The molecular formula is C12H22N4O. The Bertz CT molecular complexity index is 330. The number of rotatable bonds is 8. The minimum absolute atomic E-state index is 0.247. The SMILES string of the molecule is CCCCCNc1cc(OCCC)nc(N)n1. The molecule has 0 aromatic carbocycles. The molecule has 1 rings (SSSR count). The first-order valence-corrected chi connectivity index (χ1v) is 6.27. The number of nitrogens with zero attached hydrogens (tertiary/aromatic N) is 2. The third-order valence-corrected chi connectivity index (χ3v) is 2.26. The van der Waals surface area contributed by atoms with Gasteiger partial charge in [0, 0.05) is 12.6 Å². The number of nitrogens with one attached hydrogen (secondary N) is 1. The number of hydrogen-bond acceptors (Lipinski definition) is 5. The van der Waals surface area contributed by atoms with Crippen molar-refractivity contribution < 1.29 is 4.74 Å². The molecule has 0 radical (unpaired) electrons. The summed E-state index contributed by atoms with van der Waals surface area (Å²) in [7, 11) is 0. The molecule has 0 amide bonds. The second-order valence-corrected chi connectivity index (χ2v) is 3.93. The summed E-state index contributed by atoms with van der Waals surface area (Å²) < 4.78 is 5.43. The van der Waals surface area contributed by atoms with Crippen molar-refractivity contribution in [2.45, 2.75) is 39.5 Å². The van der Waals surface area contributed by atoms with E-state index in [0.29, 0.717) is 12.5 Å². The Hall–Kier alpha value is -1.52. The summed E-state index contributed by atoms with van der Waals surface area (Å²) in [5.41, 5.74) is 5.62. The second kappa shape index (κ2) is 7.70. The van der Waals surface area contributed by atoms with Crippen LogP contribution in [0.1, 0.15) is 39.5 Å². The number of aromatic nitrogens is 2. The van der Waals surface area contributed by atoms with Crippen LogP contribution in [-0.4, -0.2) is 23.1 Å². The molecule has 0 aliphatic heterocycles. The van der Waals surface area contributed by atoms with E-state index < -0.39 is 0 Å². The van der Waals surface area contributed by atoms with Crippen molar-refractivity contribution >= 4 is 11.8 Å². The Balaban J connectivity index is 2.50. The molecule has 0 bridgehead atoms. The monoisotopic (exact) mass is 238 g/mol. The minimum atomic E-state index is 0.247. The van der Waals surface area contributed by atoms with Crippen LogP contribution >= 0.6 is 0 Å². The van der Waals surface area contributed by atoms with Crippen LogP contribution in [0.25, 0.3) is 0 Å². The number of ether oxygens (including phenoxy) is 1. The quantitative estimate of drug-likeness (QED) is 0.680. The molecule has 0 aliphatic carbocycles. The molecule has 0 saturated heterocycles. The summed E-state index contributed by atoms with van der Waals surface area (Å²) in [6.45, 7) is 5.77. The van der Waals surface area contributed by atoms with Crippen LogP contribution in [0.3, 0.4) is 0 Å². The van der Waals surface area contributed by atoms with Gasteiger partial charge in [-0.15, -0.1) is 0 Å². The average molecular weight is 238 g/mol. The lowest BCUT2D eigenvalue weighted by molar-refractivity contribution is 0.305. The van der Waals surface area contributed by atoms with Crippen molar-refractivity contribution in [3.05, 3.63) is 6.07 Å². The van der Waals surface area contributed by atoms with E-state index in [9.17, 15) is 0 Å². The number of nitrogens with two attached hydrogens (primary N) is 1. The first kappa shape index (κ1) is 13.5. The van der Waals surface area contributed by atoms with Crippen LogP contribution in [0, 0.1) is 0 Å². The van der Waals surface area contributed by atoms with Crippen LogP contribution in [0.4, 0.5) is 11.8 Å². The predicted molar refractivity (Wildman–Crippen MR) is 70.2 cm³/mol. The Morgan fingerprint density at radius 3 is 2.76 bits per heavy atom. The molecule has 3 N–H and O–H groups in total. The fraction of sp³-hybridized carbons (Fsp3) is 0.667. The Morgan fingerprint density at radius 2 is 2.06 bits per heavy atom. The molecule has 5 nitrogen and oxygen atoms in total. The molecule has 1 aromatic rings. The van der Waals surface area contributed by atoms with Gasteiger partial charge in [0.2, 0.25) is 11.8 Å². The minimum Gasteiger partial charge on any atom is -0.477 e. The van der Waals surface area contributed by atoms with Crippen LogP contribution in [0.5, 0.6) is 5.88 Å². The van der Waals surface area contributed by atoms with Gasteiger partial charge >= 0.3 is 0 Å². The zero-order valence-electron chi connectivity index (χ0n) is 10.7. The molecular weight excluding hydrogens is 216 g/mol. The summed E-state index contributed by atoms with van der Waals surface area (Å²) in [5, 5.41) is 3.23. The normalized spacial score (nSPS) is 10.2. The fourth-order valence-corrected chi connectivity index (χ4v) is 1.41. The molecule has 0 atom stereocenters. The molecule has 1 heterocycles. The maximum atomic E-state index is 5.62. The standard InChI is InChI=1S/C12H22N4O/c1-3-5-6-7-14-10-9-11(17-8-4-2)16-12(13)15-10/h9H,3-8H2,1-2H3,(H3,13,14,15,16). The predicted octanol–water partition coefficient (Wildman–Crippen LogP) is 2.45. The smallest absolute Gasteiger partial charge is 0.225 e. The molecule has 0 unspecified atom stereocenters. The largest absolute Gasteiger partial charge is 0.477 e. The average Bonchev–Trinajstić information content (AvgIpc) is 2.31. The maximum absolute atomic E-state index is 5.62. The highest BCUT2D eigenvalue weighted by Gasteiger charge is 2.02. The highest BCUT2D eigenvalue weighted by Crippen LogP contribution is 2.14. The van der Waals surface area contributed by atoms with Crippen molar-refractivity contribution in [1.29, 1.82) is 0 Å². The number of hydrogen-bond donors (Lipinski definition) is 2. The van der Waals surface area contributed by atoms with Gasteiger partial charge in [-0.25, -0.2) is 0 Å². The van der Waals surface area contributed by atoms with Crippen molar-refractivity contribution in [2.75, 3.05) is 24.2 Å². The molecule has 0 spiro atoms. The van der Waals surface area contributed by atoms with Gasteiger partial charge in [-0.3, -0.25) is 0 Å². The molecule has 5 heteroatoms. The highest BCUT2D eigenvalue weighted by molar-refractivity contribution is 5.42. The van der Waals surface area contributed by atoms with Gasteiger partial charge < -0.3 is 15.8 Å². The van der Waals surface area contributed by atoms with Crippen LogP contribution in [0.15, 0.2) is 6.07 Å². The Labute approximate surface area is 103 Å². The molecule has 96 valence electrons. The number of anilines is 2. The Morgan fingerprint density at radius 1 is 1.24 bits per heavy atom. The van der Waals surface area contributed by atoms with E-state index in [1.54, 1.807) is 6.07 Å². The lowest BCUT2D eigenvalue weighted by Crippen LogP contribution is -2.07. The van der Waals surface area contributed by atoms with Gasteiger partial charge in [-0.1, -0.05) is 26.7 Å². The van der Waals surface area contributed by atoms with Gasteiger partial charge in [0.15, 0.2) is 0 Å². The summed E-state index contributed by atoms with van der Waals surface area (Å²) >= 11 is 0. The van der Waals surface area contributed by atoms with Crippen molar-refractivity contribution in [3.63, 3.8) is 0 Å². The zero-order chi connectivity index (χ0) is 12.5. The van der Waals surface area contributed by atoms with Gasteiger partial charge in [0.25, 0.3) is 0 Å². The maximum Gasteiger partial charge on any atom is 0.225 e. The number of unbranched alkanes of at least 4 members (excludes halogenated alkanes) is 2. The summed E-state index contributed by atoms with van der Waals surface area (Å²) in [5.74, 6) is 1.52. The summed E-state index contributed by atoms with van der Waals surface area (Å²) in [6, 6.07) is 1.79. The number of nitrogen functional groups attached to an aromatic ring is 1. The van der Waals surface area contributed by atoms with Crippen molar-refractivity contribution in [1.82, 2.24) is 9.97 Å². The fourth-order valence-electron chi connectivity index (χ4n) is 1.41. The second-order valence-electron chi connectivity index (χ2n) is 3.93. The van der Waals surface area contributed by atoms with E-state index in [-0.39, 0.29) is 5.95 Å². The van der Waals surface area contributed by atoms with E-state index in [1.807, 2.05) is 0 Å². The van der Waals surface area contributed by atoms with Gasteiger partial charge in [0.05, 0.1) is 6.61 Å². The van der Waals surface area contributed by atoms with Crippen LogP contribution in [0.2, 0.25) is 0 Å². The van der Waals surface area contributed by atoms with Crippen molar-refractivity contribution in [2.24, 2.45) is 0 Å². The molecule has 17 heavy (non-hydrogen) atoms. The van der Waals surface area contributed by atoms with Crippen LogP contribution < -0.4 is 15.8 Å². The van der Waals surface area contributed by atoms with E-state index in [2.05, 4.69) is 29.1 Å². The van der Waals surface area contributed by atoms with Crippen molar-refractivity contribution in [3.8, 4) is 5.88 Å². The van der Waals surface area contributed by atoms with Gasteiger partial charge in [-0.2, -0.15) is 9.97 Å². The molecule has 0 aliphatic rings. The van der Waals surface area contributed by atoms with Gasteiger partial charge in [-0.05, 0) is 12.8 Å². The van der Waals surface area contributed by atoms with E-state index in [4.69, 9.17) is 10.5 Å². The van der Waals surface area contributed by atoms with E-state index in [1.165, 1.54) is 12.8 Å². The summed E-state index contributed by atoms with van der Waals surface area (Å²) in [6.07, 6.45) is 4.50. The topological polar surface area (TPSA) is 73.1 Å². The first-order chi connectivity index (χ1) is 8.26. The zero-order valence-corrected chi connectivity index (χ0v) is 10.7. The lowest BCUT2D eigenvalue weighted by atomic mass is 10.2. The molecule has 0 saturated carbocycles.